The first-order chi connectivity index (χ1) is 12.2. The van der Waals surface area contributed by atoms with Crippen LogP contribution < -0.4 is 9.47 Å². The molecule has 0 fully saturated rings. The van der Waals surface area contributed by atoms with Gasteiger partial charge in [0.15, 0.2) is 17.3 Å². The van der Waals surface area contributed by atoms with Gasteiger partial charge in [-0.2, -0.15) is 0 Å². The number of halogens is 1. The third kappa shape index (κ3) is 3.62. The van der Waals surface area contributed by atoms with Gasteiger partial charge in [-0.1, -0.05) is 29.8 Å². The molecule has 0 bridgehead atoms. The number of ether oxygens (including phenoxy) is 2. The summed E-state index contributed by atoms with van der Waals surface area (Å²) < 4.78 is 16.6. The minimum Gasteiger partial charge on any atom is -0.454 e. The van der Waals surface area contributed by atoms with Crippen LogP contribution in [0.25, 0.3) is 11.3 Å². The molecule has 0 atom stereocenters. The minimum atomic E-state index is 0.289. The molecule has 2 heterocycles. The third-order valence-corrected chi connectivity index (χ3v) is 4.19. The van der Waals surface area contributed by atoms with E-state index >= 15 is 0 Å². The molecule has 25 heavy (non-hydrogen) atoms. The van der Waals surface area contributed by atoms with Gasteiger partial charge in [-0.15, -0.1) is 0 Å². The molecule has 128 valence electrons. The SMILES string of the molecule is CN(Cc1ccc2c(c1)OCO2)Cc1ncc(-c2cccc(Cl)c2)o1. The Labute approximate surface area is 150 Å². The molecule has 0 radical (unpaired) electrons. The standard InChI is InChI=1S/C19H17ClN2O3/c1-22(10-13-5-6-16-17(7-13)24-12-23-16)11-19-21-9-18(25-19)14-3-2-4-15(20)8-14/h2-9H,10-12H2,1H3. The van der Waals surface area contributed by atoms with Crippen molar-refractivity contribution < 1.29 is 13.9 Å². The number of hydrogen-bond donors (Lipinski definition) is 0. The Morgan fingerprint density at radius 2 is 1.96 bits per heavy atom. The van der Waals surface area contributed by atoms with Crippen LogP contribution in [0.15, 0.2) is 53.1 Å². The van der Waals surface area contributed by atoms with E-state index in [1.807, 2.05) is 49.5 Å². The summed E-state index contributed by atoms with van der Waals surface area (Å²) in [7, 11) is 2.02. The van der Waals surface area contributed by atoms with Crippen LogP contribution >= 0.6 is 11.6 Å². The maximum atomic E-state index is 6.03. The molecule has 5 nitrogen and oxygen atoms in total. The summed E-state index contributed by atoms with van der Waals surface area (Å²) in [6.07, 6.45) is 1.73. The summed E-state index contributed by atoms with van der Waals surface area (Å²) in [5.74, 6) is 2.97. The van der Waals surface area contributed by atoms with Crippen LogP contribution in [0, 0.1) is 0 Å². The van der Waals surface area contributed by atoms with Gasteiger partial charge in [0.2, 0.25) is 12.7 Å². The highest BCUT2D eigenvalue weighted by Gasteiger charge is 2.15. The molecule has 2 aromatic carbocycles. The lowest BCUT2D eigenvalue weighted by molar-refractivity contribution is 0.174. The summed E-state index contributed by atoms with van der Waals surface area (Å²) >= 11 is 6.03. The predicted molar refractivity (Wildman–Crippen MR) is 94.7 cm³/mol. The molecule has 4 rings (SSSR count). The molecule has 1 aliphatic heterocycles. The first-order valence-electron chi connectivity index (χ1n) is 7.95. The number of oxazole rings is 1. The van der Waals surface area contributed by atoms with Gasteiger partial charge in [0.1, 0.15) is 0 Å². The van der Waals surface area contributed by atoms with E-state index in [0.29, 0.717) is 23.2 Å². The molecule has 0 saturated heterocycles. The second-order valence-corrected chi connectivity index (χ2v) is 6.42. The first kappa shape index (κ1) is 16.0. The summed E-state index contributed by atoms with van der Waals surface area (Å²) in [4.78, 5) is 6.50. The topological polar surface area (TPSA) is 47.7 Å². The van der Waals surface area contributed by atoms with E-state index in [0.717, 1.165) is 29.2 Å². The molecular weight excluding hydrogens is 340 g/mol. The minimum absolute atomic E-state index is 0.289. The molecule has 0 amide bonds. The fourth-order valence-corrected chi connectivity index (χ4v) is 2.99. The van der Waals surface area contributed by atoms with Crippen molar-refractivity contribution in [3.63, 3.8) is 0 Å². The zero-order chi connectivity index (χ0) is 17.2. The van der Waals surface area contributed by atoms with Crippen LogP contribution in [-0.4, -0.2) is 23.7 Å². The summed E-state index contributed by atoms with van der Waals surface area (Å²) in [6.45, 7) is 1.65. The highest BCUT2D eigenvalue weighted by Crippen LogP contribution is 2.32. The van der Waals surface area contributed by atoms with Crippen molar-refractivity contribution in [1.29, 1.82) is 0 Å². The van der Waals surface area contributed by atoms with E-state index in [-0.39, 0.29) is 6.79 Å². The lowest BCUT2D eigenvalue weighted by Crippen LogP contribution is -2.17. The maximum absolute atomic E-state index is 6.03. The Balaban J connectivity index is 1.42. The van der Waals surface area contributed by atoms with E-state index in [1.165, 1.54) is 0 Å². The lowest BCUT2D eigenvalue weighted by Gasteiger charge is -2.14. The van der Waals surface area contributed by atoms with E-state index in [1.54, 1.807) is 6.20 Å². The number of rotatable bonds is 5. The van der Waals surface area contributed by atoms with Crippen molar-refractivity contribution in [1.82, 2.24) is 9.88 Å². The van der Waals surface area contributed by atoms with Crippen LogP contribution in [0.1, 0.15) is 11.5 Å². The highest BCUT2D eigenvalue weighted by atomic mass is 35.5. The van der Waals surface area contributed by atoms with Crippen molar-refractivity contribution in [3.05, 3.63) is 65.1 Å². The second kappa shape index (κ2) is 6.78. The van der Waals surface area contributed by atoms with Gasteiger partial charge < -0.3 is 13.9 Å². The van der Waals surface area contributed by atoms with Crippen LogP contribution in [0.5, 0.6) is 11.5 Å². The van der Waals surface area contributed by atoms with Gasteiger partial charge in [0, 0.05) is 17.1 Å². The summed E-state index contributed by atoms with van der Waals surface area (Å²) in [5, 5.41) is 0.676. The average molecular weight is 357 g/mol. The number of aromatic nitrogens is 1. The Morgan fingerprint density at radius 1 is 1.08 bits per heavy atom. The van der Waals surface area contributed by atoms with Gasteiger partial charge in [0.05, 0.1) is 12.7 Å². The molecule has 3 aromatic rings. The molecule has 6 heteroatoms. The second-order valence-electron chi connectivity index (χ2n) is 5.99. The van der Waals surface area contributed by atoms with Crippen LogP contribution in [0.3, 0.4) is 0 Å². The highest BCUT2D eigenvalue weighted by molar-refractivity contribution is 6.30. The molecule has 0 saturated carbocycles. The van der Waals surface area contributed by atoms with Crippen LogP contribution in [0.4, 0.5) is 0 Å². The Kier molecular flexibility index (Phi) is 4.34. The van der Waals surface area contributed by atoms with Crippen molar-refractivity contribution in [2.24, 2.45) is 0 Å². The van der Waals surface area contributed by atoms with E-state index in [9.17, 15) is 0 Å². The fourth-order valence-electron chi connectivity index (χ4n) is 2.80. The molecule has 0 N–H and O–H groups in total. The van der Waals surface area contributed by atoms with E-state index in [4.69, 9.17) is 25.5 Å². The van der Waals surface area contributed by atoms with E-state index < -0.39 is 0 Å². The maximum Gasteiger partial charge on any atom is 0.231 e. The number of nitrogens with zero attached hydrogens (tertiary/aromatic N) is 2. The Morgan fingerprint density at radius 3 is 2.84 bits per heavy atom. The quantitative estimate of drug-likeness (QED) is 0.680. The fraction of sp³-hybridized carbons (Fsp3) is 0.211. The first-order valence-corrected chi connectivity index (χ1v) is 8.33. The zero-order valence-electron chi connectivity index (χ0n) is 13.7. The van der Waals surface area contributed by atoms with Crippen molar-refractivity contribution in [2.75, 3.05) is 13.8 Å². The van der Waals surface area contributed by atoms with E-state index in [2.05, 4.69) is 9.88 Å². The zero-order valence-corrected chi connectivity index (χ0v) is 14.5. The Hall–Kier alpha value is -2.50. The smallest absolute Gasteiger partial charge is 0.231 e. The number of fused-ring (bicyclic) bond motifs is 1. The molecule has 0 spiro atoms. The van der Waals surface area contributed by atoms with Crippen molar-refractivity contribution >= 4 is 11.6 Å². The number of benzene rings is 2. The normalized spacial score (nSPS) is 12.8. The lowest BCUT2D eigenvalue weighted by atomic mass is 10.2. The Bertz CT molecular complexity index is 894. The largest absolute Gasteiger partial charge is 0.454 e. The summed E-state index contributed by atoms with van der Waals surface area (Å²) in [6, 6.07) is 13.5. The van der Waals surface area contributed by atoms with Gasteiger partial charge in [-0.3, -0.25) is 4.90 Å². The van der Waals surface area contributed by atoms with Gasteiger partial charge in [-0.05, 0) is 36.9 Å². The molecule has 1 aromatic heterocycles. The van der Waals surface area contributed by atoms with Crippen molar-refractivity contribution in [2.45, 2.75) is 13.1 Å². The molecule has 0 unspecified atom stereocenters. The van der Waals surface area contributed by atoms with Crippen LogP contribution in [-0.2, 0) is 13.1 Å². The van der Waals surface area contributed by atoms with Gasteiger partial charge in [-0.25, -0.2) is 4.98 Å². The molecular formula is C19H17ClN2O3. The van der Waals surface area contributed by atoms with Crippen LogP contribution in [0.2, 0.25) is 5.02 Å². The monoisotopic (exact) mass is 356 g/mol. The predicted octanol–water partition coefficient (Wildman–Crippen LogP) is 4.36. The van der Waals surface area contributed by atoms with Gasteiger partial charge in [0.25, 0.3) is 0 Å². The molecule has 1 aliphatic rings. The summed E-state index contributed by atoms with van der Waals surface area (Å²) in [5.41, 5.74) is 2.07. The average Bonchev–Trinajstić information content (AvgIpc) is 3.23. The molecule has 0 aliphatic carbocycles. The third-order valence-electron chi connectivity index (χ3n) is 3.96. The van der Waals surface area contributed by atoms with Gasteiger partial charge >= 0.3 is 0 Å². The number of hydrogen-bond acceptors (Lipinski definition) is 5. The van der Waals surface area contributed by atoms with Crippen molar-refractivity contribution in [3.8, 4) is 22.8 Å².